The number of sulfonamides is 1. The van der Waals surface area contributed by atoms with Gasteiger partial charge in [0.2, 0.25) is 10.0 Å². The molecule has 0 unspecified atom stereocenters. The molecule has 0 aliphatic rings. The fourth-order valence-electron chi connectivity index (χ4n) is 1.20. The van der Waals surface area contributed by atoms with Crippen molar-refractivity contribution in [2.45, 2.75) is 11.1 Å². The summed E-state index contributed by atoms with van der Waals surface area (Å²) in [6.07, 6.45) is -4.57. The number of nitrogens with one attached hydrogen (secondary N) is 1. The summed E-state index contributed by atoms with van der Waals surface area (Å²) >= 11 is 0. The largest absolute Gasteiger partial charge is 0.405 e. The maximum absolute atomic E-state index is 12.0. The molecule has 19 heavy (non-hydrogen) atoms. The molecule has 106 valence electrons. The molecule has 0 bridgehead atoms. The number of nitrogens with two attached hydrogens (primary N) is 1. The van der Waals surface area contributed by atoms with Crippen molar-refractivity contribution < 1.29 is 26.5 Å². The smallest absolute Gasteiger partial charge is 0.375 e. The molecule has 0 atom stereocenters. The Bertz CT molecular complexity index is 600. The van der Waals surface area contributed by atoms with Gasteiger partial charge in [-0.25, -0.2) is 13.6 Å². The van der Waals surface area contributed by atoms with Crippen LogP contribution in [0.1, 0.15) is 0 Å². The molecule has 0 radical (unpaired) electrons. The number of halogens is 3. The summed E-state index contributed by atoms with van der Waals surface area (Å²) in [6.45, 7) is -1.49. The summed E-state index contributed by atoms with van der Waals surface area (Å²) in [6, 6.07) is 2.31. The molecular formula is C8H8F3N3O4S. The first kappa shape index (κ1) is 15.2. The van der Waals surface area contributed by atoms with Crippen molar-refractivity contribution >= 4 is 21.4 Å². The Hall–Kier alpha value is -1.88. The molecule has 0 spiro atoms. The Morgan fingerprint density at radius 1 is 1.37 bits per heavy atom. The molecule has 11 heteroatoms. The third-order valence-corrected chi connectivity index (χ3v) is 2.91. The minimum absolute atomic E-state index is 0.453. The van der Waals surface area contributed by atoms with Crippen LogP contribution in [-0.4, -0.2) is 26.1 Å². The van der Waals surface area contributed by atoms with Crippen molar-refractivity contribution in [3.8, 4) is 0 Å². The summed E-state index contributed by atoms with van der Waals surface area (Å²) in [7, 11) is -4.39. The van der Waals surface area contributed by atoms with Crippen molar-refractivity contribution in [2.75, 3.05) is 11.9 Å². The van der Waals surface area contributed by atoms with Crippen molar-refractivity contribution in [1.82, 2.24) is 0 Å². The monoisotopic (exact) mass is 299 g/mol. The highest BCUT2D eigenvalue weighted by molar-refractivity contribution is 7.89. The van der Waals surface area contributed by atoms with E-state index < -0.39 is 43.9 Å². The van der Waals surface area contributed by atoms with E-state index in [-0.39, 0.29) is 0 Å². The van der Waals surface area contributed by atoms with Crippen LogP contribution in [0.25, 0.3) is 0 Å². The first-order chi connectivity index (χ1) is 8.50. The number of hydrogen-bond acceptors (Lipinski definition) is 5. The number of non-ortho nitro benzene ring substituents is 1. The van der Waals surface area contributed by atoms with Gasteiger partial charge < -0.3 is 5.32 Å². The van der Waals surface area contributed by atoms with E-state index in [9.17, 15) is 31.7 Å². The summed E-state index contributed by atoms with van der Waals surface area (Å²) in [5, 5.41) is 17.1. The minimum Gasteiger partial charge on any atom is -0.375 e. The molecule has 1 aromatic carbocycles. The number of hydrogen-bond donors (Lipinski definition) is 2. The lowest BCUT2D eigenvalue weighted by Crippen LogP contribution is -2.23. The molecule has 3 N–H and O–H groups in total. The highest BCUT2D eigenvalue weighted by Gasteiger charge is 2.28. The molecule has 0 aromatic heterocycles. The standard InChI is InChI=1S/C8H8F3N3O4S/c9-8(10,11)4-13-6-2-1-5(14(15)16)3-7(6)19(12,17)18/h1-3,13H,4H2,(H2,12,17,18). The lowest BCUT2D eigenvalue weighted by Gasteiger charge is -2.12. The zero-order valence-corrected chi connectivity index (χ0v) is 9.96. The van der Waals surface area contributed by atoms with Gasteiger partial charge in [0.1, 0.15) is 11.4 Å². The number of anilines is 1. The summed E-state index contributed by atoms with van der Waals surface area (Å²) < 4.78 is 58.5. The molecule has 1 rings (SSSR count). The molecule has 0 aliphatic carbocycles. The Morgan fingerprint density at radius 2 is 1.95 bits per heavy atom. The second kappa shape index (κ2) is 5.01. The van der Waals surface area contributed by atoms with E-state index in [1.54, 1.807) is 0 Å². The predicted octanol–water partition coefficient (Wildman–Crippen LogP) is 1.22. The van der Waals surface area contributed by atoms with Gasteiger partial charge in [0.15, 0.2) is 0 Å². The molecule has 1 aromatic rings. The fourth-order valence-corrected chi connectivity index (χ4v) is 1.93. The van der Waals surface area contributed by atoms with E-state index in [2.05, 4.69) is 0 Å². The van der Waals surface area contributed by atoms with Gasteiger partial charge in [-0.15, -0.1) is 0 Å². The number of primary sulfonamides is 1. The number of nitrogens with zero attached hydrogens (tertiary/aromatic N) is 1. The SMILES string of the molecule is NS(=O)(=O)c1cc([N+](=O)[O-])ccc1NCC(F)(F)F. The number of benzene rings is 1. The van der Waals surface area contributed by atoms with Crippen LogP contribution in [0.5, 0.6) is 0 Å². The summed E-state index contributed by atoms with van der Waals surface area (Å²) in [5.74, 6) is 0. The van der Waals surface area contributed by atoms with Crippen LogP contribution < -0.4 is 10.5 Å². The van der Waals surface area contributed by atoms with Gasteiger partial charge in [-0.3, -0.25) is 10.1 Å². The molecule has 0 amide bonds. The lowest BCUT2D eigenvalue weighted by molar-refractivity contribution is -0.385. The average Bonchev–Trinajstić information content (AvgIpc) is 2.23. The minimum atomic E-state index is -4.57. The number of nitro groups is 1. The Kier molecular flexibility index (Phi) is 4.00. The topological polar surface area (TPSA) is 115 Å². The third-order valence-electron chi connectivity index (χ3n) is 1.96. The Morgan fingerprint density at radius 3 is 2.37 bits per heavy atom. The Labute approximate surface area is 105 Å². The summed E-state index contributed by atoms with van der Waals surface area (Å²) in [4.78, 5) is 8.82. The maximum atomic E-state index is 12.0. The normalized spacial score (nSPS) is 12.2. The fraction of sp³-hybridized carbons (Fsp3) is 0.250. The second-order valence-electron chi connectivity index (χ2n) is 3.45. The van der Waals surface area contributed by atoms with E-state index in [1.807, 2.05) is 5.32 Å². The average molecular weight is 299 g/mol. The lowest BCUT2D eigenvalue weighted by atomic mass is 10.3. The molecule has 0 saturated heterocycles. The van der Waals surface area contributed by atoms with Gasteiger partial charge in [0.05, 0.1) is 10.6 Å². The highest BCUT2D eigenvalue weighted by Crippen LogP contribution is 2.26. The molecule has 0 aliphatic heterocycles. The Balaban J connectivity index is 3.21. The van der Waals surface area contributed by atoms with Gasteiger partial charge in [-0.2, -0.15) is 13.2 Å². The van der Waals surface area contributed by atoms with E-state index in [0.717, 1.165) is 12.1 Å². The van der Waals surface area contributed by atoms with Crippen LogP contribution in [0, 0.1) is 10.1 Å². The highest BCUT2D eigenvalue weighted by atomic mass is 32.2. The van der Waals surface area contributed by atoms with Crippen molar-refractivity contribution in [3.63, 3.8) is 0 Å². The summed E-state index contributed by atoms with van der Waals surface area (Å²) in [5.41, 5.74) is -1.05. The maximum Gasteiger partial charge on any atom is 0.405 e. The van der Waals surface area contributed by atoms with Crippen molar-refractivity contribution in [2.24, 2.45) is 5.14 Å². The molecular weight excluding hydrogens is 291 g/mol. The van der Waals surface area contributed by atoms with Crippen molar-refractivity contribution in [1.29, 1.82) is 0 Å². The molecule has 0 fully saturated rings. The molecule has 0 saturated carbocycles. The molecule has 0 heterocycles. The van der Waals surface area contributed by atoms with Gasteiger partial charge in [0.25, 0.3) is 5.69 Å². The first-order valence-electron chi connectivity index (χ1n) is 4.62. The number of alkyl halides is 3. The van der Waals surface area contributed by atoms with Gasteiger partial charge in [-0.1, -0.05) is 0 Å². The third kappa shape index (κ3) is 4.37. The van der Waals surface area contributed by atoms with Crippen LogP contribution in [0.15, 0.2) is 23.1 Å². The van der Waals surface area contributed by atoms with E-state index in [0.29, 0.717) is 6.07 Å². The van der Waals surface area contributed by atoms with Gasteiger partial charge in [0, 0.05) is 12.1 Å². The van der Waals surface area contributed by atoms with Crippen LogP contribution in [-0.2, 0) is 10.0 Å². The van der Waals surface area contributed by atoms with Gasteiger partial charge >= 0.3 is 6.18 Å². The molecule has 7 nitrogen and oxygen atoms in total. The predicted molar refractivity (Wildman–Crippen MR) is 59.0 cm³/mol. The van der Waals surface area contributed by atoms with E-state index >= 15 is 0 Å². The van der Waals surface area contributed by atoms with Crippen LogP contribution in [0.3, 0.4) is 0 Å². The van der Waals surface area contributed by atoms with Crippen LogP contribution >= 0.6 is 0 Å². The van der Waals surface area contributed by atoms with Gasteiger partial charge in [-0.05, 0) is 6.07 Å². The quantitative estimate of drug-likeness (QED) is 0.640. The zero-order valence-electron chi connectivity index (χ0n) is 9.14. The second-order valence-corrected chi connectivity index (χ2v) is 4.98. The number of nitro benzene ring substituents is 1. The van der Waals surface area contributed by atoms with Crippen LogP contribution in [0.4, 0.5) is 24.5 Å². The van der Waals surface area contributed by atoms with E-state index in [1.165, 1.54) is 0 Å². The zero-order chi connectivity index (χ0) is 14.8. The van der Waals surface area contributed by atoms with Crippen LogP contribution in [0.2, 0.25) is 0 Å². The van der Waals surface area contributed by atoms with E-state index in [4.69, 9.17) is 5.14 Å². The number of rotatable bonds is 4. The first-order valence-corrected chi connectivity index (χ1v) is 6.17. The van der Waals surface area contributed by atoms with Crippen molar-refractivity contribution in [3.05, 3.63) is 28.3 Å².